The molecule has 2 aromatic rings. The SMILES string of the molecule is Cc1ccccc1[C@@H](C)NC(C)c1c(O)cccc1O. The van der Waals surface area contributed by atoms with E-state index >= 15 is 0 Å². The van der Waals surface area contributed by atoms with E-state index in [0.29, 0.717) is 5.56 Å². The molecule has 0 amide bonds. The lowest BCUT2D eigenvalue weighted by atomic mass is 10.00. The van der Waals surface area contributed by atoms with Crippen LogP contribution in [0.3, 0.4) is 0 Å². The van der Waals surface area contributed by atoms with E-state index in [4.69, 9.17) is 0 Å². The molecule has 0 fully saturated rings. The predicted octanol–water partition coefficient (Wildman–Crippen LogP) is 3.82. The van der Waals surface area contributed by atoms with Crippen molar-refractivity contribution in [3.8, 4) is 11.5 Å². The van der Waals surface area contributed by atoms with Gasteiger partial charge in [0.2, 0.25) is 0 Å². The highest BCUT2D eigenvalue weighted by Crippen LogP contribution is 2.33. The van der Waals surface area contributed by atoms with Gasteiger partial charge in [-0.3, -0.25) is 0 Å². The summed E-state index contributed by atoms with van der Waals surface area (Å²) in [4.78, 5) is 0. The molecular weight excluding hydrogens is 250 g/mol. The Labute approximate surface area is 119 Å². The van der Waals surface area contributed by atoms with Gasteiger partial charge in [0.25, 0.3) is 0 Å². The lowest BCUT2D eigenvalue weighted by molar-refractivity contribution is 0.407. The summed E-state index contributed by atoms with van der Waals surface area (Å²) in [6, 6.07) is 13.0. The molecule has 3 heteroatoms. The minimum absolute atomic E-state index is 0.113. The van der Waals surface area contributed by atoms with E-state index in [1.807, 2.05) is 19.1 Å². The zero-order valence-corrected chi connectivity index (χ0v) is 12.1. The Morgan fingerprint density at radius 2 is 1.45 bits per heavy atom. The fourth-order valence-electron chi connectivity index (χ4n) is 2.61. The molecular formula is C17H21NO2. The summed E-state index contributed by atoms with van der Waals surface area (Å²) >= 11 is 0. The van der Waals surface area contributed by atoms with Crippen LogP contribution in [0.25, 0.3) is 0 Å². The van der Waals surface area contributed by atoms with Gasteiger partial charge in [-0.25, -0.2) is 0 Å². The zero-order valence-electron chi connectivity index (χ0n) is 12.1. The predicted molar refractivity (Wildman–Crippen MR) is 80.9 cm³/mol. The minimum atomic E-state index is -0.147. The van der Waals surface area contributed by atoms with Crippen LogP contribution in [0.2, 0.25) is 0 Å². The normalized spacial score (nSPS) is 13.9. The fraction of sp³-hybridized carbons (Fsp3) is 0.294. The molecule has 0 bridgehead atoms. The van der Waals surface area contributed by atoms with Crippen molar-refractivity contribution in [2.75, 3.05) is 0 Å². The van der Waals surface area contributed by atoms with Crippen molar-refractivity contribution in [2.24, 2.45) is 0 Å². The number of hydrogen-bond acceptors (Lipinski definition) is 3. The maximum absolute atomic E-state index is 9.90. The Morgan fingerprint density at radius 3 is 2.05 bits per heavy atom. The molecule has 3 nitrogen and oxygen atoms in total. The van der Waals surface area contributed by atoms with Gasteiger partial charge in [0.15, 0.2) is 0 Å². The molecule has 106 valence electrons. The fourth-order valence-corrected chi connectivity index (χ4v) is 2.61. The summed E-state index contributed by atoms with van der Waals surface area (Å²) in [7, 11) is 0. The molecule has 0 aliphatic heterocycles. The number of aromatic hydroxyl groups is 2. The maximum atomic E-state index is 9.90. The largest absolute Gasteiger partial charge is 0.507 e. The highest BCUT2D eigenvalue weighted by Gasteiger charge is 2.18. The number of nitrogens with one attached hydrogen (secondary N) is 1. The van der Waals surface area contributed by atoms with E-state index in [-0.39, 0.29) is 23.6 Å². The van der Waals surface area contributed by atoms with Crippen LogP contribution in [0.5, 0.6) is 11.5 Å². The van der Waals surface area contributed by atoms with Crippen LogP contribution in [-0.2, 0) is 0 Å². The van der Waals surface area contributed by atoms with Crippen molar-refractivity contribution in [1.82, 2.24) is 5.32 Å². The molecule has 2 aromatic carbocycles. The molecule has 0 spiro atoms. The average molecular weight is 271 g/mol. The molecule has 2 rings (SSSR count). The van der Waals surface area contributed by atoms with Gasteiger partial charge >= 0.3 is 0 Å². The molecule has 0 aliphatic rings. The standard InChI is InChI=1S/C17H21NO2/c1-11-7-4-5-8-14(11)12(2)18-13(3)17-15(19)9-6-10-16(17)20/h4-10,12-13,18-20H,1-3H3/t12-,13?/m1/s1. The summed E-state index contributed by atoms with van der Waals surface area (Å²) in [6.45, 7) is 6.09. The quantitative estimate of drug-likeness (QED) is 0.792. The molecule has 0 saturated heterocycles. The Morgan fingerprint density at radius 1 is 0.850 bits per heavy atom. The first kappa shape index (κ1) is 14.4. The van der Waals surface area contributed by atoms with Gasteiger partial charge in [-0.1, -0.05) is 30.3 Å². The second kappa shape index (κ2) is 5.97. The van der Waals surface area contributed by atoms with E-state index in [2.05, 4.69) is 31.3 Å². The van der Waals surface area contributed by atoms with Gasteiger partial charge in [0.1, 0.15) is 11.5 Å². The minimum Gasteiger partial charge on any atom is -0.507 e. The average Bonchev–Trinajstić information content (AvgIpc) is 2.38. The van der Waals surface area contributed by atoms with Crippen LogP contribution in [-0.4, -0.2) is 10.2 Å². The summed E-state index contributed by atoms with van der Waals surface area (Å²) in [5.41, 5.74) is 2.98. The molecule has 0 saturated carbocycles. The van der Waals surface area contributed by atoms with Gasteiger partial charge in [0.05, 0.1) is 5.56 Å². The van der Waals surface area contributed by atoms with Crippen molar-refractivity contribution in [3.63, 3.8) is 0 Å². The molecule has 0 aromatic heterocycles. The van der Waals surface area contributed by atoms with Crippen LogP contribution in [0, 0.1) is 6.92 Å². The molecule has 3 N–H and O–H groups in total. The van der Waals surface area contributed by atoms with Crippen molar-refractivity contribution in [1.29, 1.82) is 0 Å². The van der Waals surface area contributed by atoms with Gasteiger partial charge in [-0.2, -0.15) is 0 Å². The smallest absolute Gasteiger partial charge is 0.124 e. The summed E-state index contributed by atoms with van der Waals surface area (Å²) in [5.74, 6) is 0.226. The molecule has 1 unspecified atom stereocenters. The third-order valence-corrected chi connectivity index (χ3v) is 3.65. The Kier molecular flexibility index (Phi) is 4.30. The number of phenols is 2. The van der Waals surface area contributed by atoms with E-state index < -0.39 is 0 Å². The Bertz CT molecular complexity index is 575. The topological polar surface area (TPSA) is 52.5 Å². The van der Waals surface area contributed by atoms with Gasteiger partial charge in [-0.15, -0.1) is 0 Å². The first-order valence-electron chi connectivity index (χ1n) is 6.83. The number of benzene rings is 2. The second-order valence-electron chi connectivity index (χ2n) is 5.18. The molecule has 2 atom stereocenters. The lowest BCUT2D eigenvalue weighted by Crippen LogP contribution is -2.23. The number of hydrogen-bond donors (Lipinski definition) is 3. The van der Waals surface area contributed by atoms with Gasteiger partial charge in [0, 0.05) is 12.1 Å². The first-order chi connectivity index (χ1) is 9.50. The highest BCUT2D eigenvalue weighted by atomic mass is 16.3. The van der Waals surface area contributed by atoms with E-state index in [9.17, 15) is 10.2 Å². The number of rotatable bonds is 4. The molecule has 0 heterocycles. The van der Waals surface area contributed by atoms with Crippen LogP contribution < -0.4 is 5.32 Å². The molecule has 20 heavy (non-hydrogen) atoms. The summed E-state index contributed by atoms with van der Waals surface area (Å²) < 4.78 is 0. The van der Waals surface area contributed by atoms with Crippen molar-refractivity contribution in [2.45, 2.75) is 32.9 Å². The molecule has 0 aliphatic carbocycles. The van der Waals surface area contributed by atoms with Crippen molar-refractivity contribution >= 4 is 0 Å². The first-order valence-corrected chi connectivity index (χ1v) is 6.83. The molecule has 0 radical (unpaired) electrons. The second-order valence-corrected chi connectivity index (χ2v) is 5.18. The van der Waals surface area contributed by atoms with Gasteiger partial charge < -0.3 is 15.5 Å². The van der Waals surface area contributed by atoms with Crippen LogP contribution >= 0.6 is 0 Å². The van der Waals surface area contributed by atoms with Crippen molar-refractivity contribution in [3.05, 3.63) is 59.2 Å². The number of phenolic OH excluding ortho intramolecular Hbond substituents is 2. The van der Waals surface area contributed by atoms with E-state index in [1.165, 1.54) is 11.1 Å². The van der Waals surface area contributed by atoms with Crippen LogP contribution in [0.1, 0.15) is 42.6 Å². The van der Waals surface area contributed by atoms with Crippen LogP contribution in [0.4, 0.5) is 0 Å². The lowest BCUT2D eigenvalue weighted by Gasteiger charge is -2.23. The highest BCUT2D eigenvalue weighted by molar-refractivity contribution is 5.45. The van der Waals surface area contributed by atoms with Crippen molar-refractivity contribution < 1.29 is 10.2 Å². The zero-order chi connectivity index (χ0) is 14.7. The summed E-state index contributed by atoms with van der Waals surface area (Å²) in [6.07, 6.45) is 0. The van der Waals surface area contributed by atoms with E-state index in [0.717, 1.165) is 0 Å². The maximum Gasteiger partial charge on any atom is 0.124 e. The third kappa shape index (κ3) is 2.94. The summed E-state index contributed by atoms with van der Waals surface area (Å²) in [5, 5.41) is 23.2. The Hall–Kier alpha value is -2.00. The van der Waals surface area contributed by atoms with E-state index in [1.54, 1.807) is 18.2 Å². The van der Waals surface area contributed by atoms with Crippen LogP contribution in [0.15, 0.2) is 42.5 Å². The number of aryl methyl sites for hydroxylation is 1. The Balaban J connectivity index is 2.20. The third-order valence-electron chi connectivity index (χ3n) is 3.65. The monoisotopic (exact) mass is 271 g/mol. The van der Waals surface area contributed by atoms with Gasteiger partial charge in [-0.05, 0) is 44.0 Å².